The Morgan fingerprint density at radius 2 is 1.68 bits per heavy atom. The maximum Gasteiger partial charge on any atom is 0.265 e. The van der Waals surface area contributed by atoms with Gasteiger partial charge in [0, 0.05) is 30.8 Å². The van der Waals surface area contributed by atoms with Gasteiger partial charge in [0.2, 0.25) is 0 Å². The molecule has 0 radical (unpaired) electrons. The number of aliphatic hydroxyl groups excluding tert-OH is 1. The molecule has 2 amide bonds. The van der Waals surface area contributed by atoms with Gasteiger partial charge in [0.25, 0.3) is 11.8 Å². The number of anilines is 1. The largest absolute Gasteiger partial charge is 0.480 e. The van der Waals surface area contributed by atoms with E-state index in [1.54, 1.807) is 24.3 Å². The van der Waals surface area contributed by atoms with Gasteiger partial charge in [-0.1, -0.05) is 54.6 Å². The number of hydrogen-bond donors (Lipinski definition) is 2. The fraction of sp³-hybridized carbons (Fsp3) is 0.286. The molecule has 1 fully saturated rings. The average Bonchev–Trinajstić information content (AvgIpc) is 3.33. The summed E-state index contributed by atoms with van der Waals surface area (Å²) in [7, 11) is 0. The highest BCUT2D eigenvalue weighted by molar-refractivity contribution is 5.98. The van der Waals surface area contributed by atoms with E-state index in [0.717, 1.165) is 29.7 Å². The summed E-state index contributed by atoms with van der Waals surface area (Å²) in [6, 6.07) is 24.4. The monoisotopic (exact) mass is 456 g/mol. The molecule has 2 atom stereocenters. The van der Waals surface area contributed by atoms with Crippen molar-refractivity contribution in [3.8, 4) is 5.75 Å². The fourth-order valence-electron chi connectivity index (χ4n) is 4.80. The molecule has 0 aliphatic carbocycles. The summed E-state index contributed by atoms with van der Waals surface area (Å²) >= 11 is 0. The van der Waals surface area contributed by atoms with E-state index in [-0.39, 0.29) is 17.7 Å². The van der Waals surface area contributed by atoms with Crippen molar-refractivity contribution >= 4 is 17.5 Å². The first kappa shape index (κ1) is 22.2. The van der Waals surface area contributed by atoms with Crippen LogP contribution in [0.5, 0.6) is 5.75 Å². The van der Waals surface area contributed by atoms with Crippen molar-refractivity contribution in [2.24, 2.45) is 5.92 Å². The number of nitrogens with zero attached hydrogens (tertiary/aromatic N) is 1. The number of rotatable bonds is 5. The third kappa shape index (κ3) is 4.68. The molecule has 174 valence electrons. The smallest absolute Gasteiger partial charge is 0.265 e. The number of para-hydroxylation sites is 1. The Morgan fingerprint density at radius 3 is 2.44 bits per heavy atom. The Bertz CT molecular complexity index is 1150. The van der Waals surface area contributed by atoms with Crippen molar-refractivity contribution < 1.29 is 19.4 Å². The molecule has 2 heterocycles. The lowest BCUT2D eigenvalue weighted by Crippen LogP contribution is -2.39. The highest BCUT2D eigenvalue weighted by Gasteiger charge is 2.30. The van der Waals surface area contributed by atoms with Crippen LogP contribution < -0.4 is 10.1 Å². The van der Waals surface area contributed by atoms with Crippen LogP contribution in [0.3, 0.4) is 0 Å². The normalized spacial score (nSPS) is 18.6. The van der Waals surface area contributed by atoms with Crippen LogP contribution in [0.15, 0.2) is 78.9 Å². The van der Waals surface area contributed by atoms with E-state index in [0.29, 0.717) is 30.8 Å². The first-order valence-corrected chi connectivity index (χ1v) is 11.8. The maximum atomic E-state index is 13.1. The molecule has 2 unspecified atom stereocenters. The van der Waals surface area contributed by atoms with E-state index in [2.05, 4.69) is 5.32 Å². The van der Waals surface area contributed by atoms with E-state index in [1.807, 2.05) is 59.5 Å². The number of hydrogen-bond acceptors (Lipinski definition) is 4. The summed E-state index contributed by atoms with van der Waals surface area (Å²) in [6.07, 6.45) is 0.938. The van der Waals surface area contributed by atoms with Gasteiger partial charge >= 0.3 is 0 Å². The van der Waals surface area contributed by atoms with Crippen LogP contribution >= 0.6 is 0 Å². The van der Waals surface area contributed by atoms with Gasteiger partial charge in [0.05, 0.1) is 6.10 Å². The number of fused-ring (bicyclic) bond motifs is 1. The van der Waals surface area contributed by atoms with Crippen molar-refractivity contribution in [1.29, 1.82) is 0 Å². The zero-order valence-corrected chi connectivity index (χ0v) is 18.9. The second-order valence-corrected chi connectivity index (χ2v) is 8.97. The number of benzene rings is 3. The van der Waals surface area contributed by atoms with Gasteiger partial charge in [0.1, 0.15) is 5.75 Å². The van der Waals surface area contributed by atoms with E-state index in [9.17, 15) is 14.7 Å². The Kier molecular flexibility index (Phi) is 6.32. The molecule has 0 bridgehead atoms. The number of nitrogens with one attached hydrogen (secondary N) is 1. The van der Waals surface area contributed by atoms with Crippen LogP contribution in [0, 0.1) is 5.92 Å². The number of piperidine rings is 1. The zero-order valence-electron chi connectivity index (χ0n) is 18.9. The van der Waals surface area contributed by atoms with Crippen LogP contribution in [0.1, 0.15) is 40.4 Å². The predicted octanol–water partition coefficient (Wildman–Crippen LogP) is 4.21. The standard InChI is InChI=1S/C28H28N2O4/c31-26(19-7-2-1-3-8-19)20-13-15-30(16-14-20)28(33)22-10-6-11-23(17-22)29-27(32)25-18-21-9-4-5-12-24(21)34-25/h1-12,17,20,25-26,31H,13-16,18H2,(H,29,32). The van der Waals surface area contributed by atoms with Gasteiger partial charge < -0.3 is 20.1 Å². The molecule has 6 heteroatoms. The van der Waals surface area contributed by atoms with Crippen LogP contribution in [0.4, 0.5) is 5.69 Å². The zero-order chi connectivity index (χ0) is 23.5. The third-order valence-corrected chi connectivity index (χ3v) is 6.73. The van der Waals surface area contributed by atoms with Crippen LogP contribution in [-0.2, 0) is 11.2 Å². The second kappa shape index (κ2) is 9.69. The molecule has 0 saturated carbocycles. The topological polar surface area (TPSA) is 78.9 Å². The predicted molar refractivity (Wildman–Crippen MR) is 130 cm³/mol. The van der Waals surface area contributed by atoms with E-state index in [1.165, 1.54) is 0 Å². The maximum absolute atomic E-state index is 13.1. The summed E-state index contributed by atoms with van der Waals surface area (Å²) in [5.41, 5.74) is 3.05. The lowest BCUT2D eigenvalue weighted by Gasteiger charge is -2.34. The highest BCUT2D eigenvalue weighted by atomic mass is 16.5. The summed E-state index contributed by atoms with van der Waals surface area (Å²) in [5, 5.41) is 13.6. The number of carbonyl (C=O) groups is 2. The van der Waals surface area contributed by atoms with Gasteiger partial charge in [-0.2, -0.15) is 0 Å². The van der Waals surface area contributed by atoms with Gasteiger partial charge in [-0.25, -0.2) is 0 Å². The van der Waals surface area contributed by atoms with E-state index >= 15 is 0 Å². The first-order valence-electron chi connectivity index (χ1n) is 11.8. The SMILES string of the molecule is O=C(Nc1cccc(C(=O)N2CCC(C(O)c3ccccc3)CC2)c1)C1Cc2ccccc2O1. The second-order valence-electron chi connectivity index (χ2n) is 8.97. The lowest BCUT2D eigenvalue weighted by molar-refractivity contribution is -0.122. The minimum absolute atomic E-state index is 0.0618. The number of ether oxygens (including phenoxy) is 1. The summed E-state index contributed by atoms with van der Waals surface area (Å²) < 4.78 is 5.77. The Hall–Kier alpha value is -3.64. The number of carbonyl (C=O) groups excluding carboxylic acids is 2. The van der Waals surface area contributed by atoms with Crippen LogP contribution in [-0.4, -0.2) is 41.0 Å². The van der Waals surface area contributed by atoms with Gasteiger partial charge in [-0.05, 0) is 54.2 Å². The molecule has 5 rings (SSSR count). The average molecular weight is 457 g/mol. The molecule has 0 aromatic heterocycles. The molecule has 34 heavy (non-hydrogen) atoms. The van der Waals surface area contributed by atoms with E-state index in [4.69, 9.17) is 4.74 Å². The minimum Gasteiger partial charge on any atom is -0.480 e. The van der Waals surface area contributed by atoms with Crippen molar-refractivity contribution in [2.75, 3.05) is 18.4 Å². The Morgan fingerprint density at radius 1 is 0.941 bits per heavy atom. The van der Waals surface area contributed by atoms with Crippen LogP contribution in [0.2, 0.25) is 0 Å². The quantitative estimate of drug-likeness (QED) is 0.603. The van der Waals surface area contributed by atoms with Crippen molar-refractivity contribution in [3.05, 3.63) is 95.6 Å². The van der Waals surface area contributed by atoms with Crippen molar-refractivity contribution in [3.63, 3.8) is 0 Å². The van der Waals surface area contributed by atoms with Gasteiger partial charge in [-0.15, -0.1) is 0 Å². The van der Waals surface area contributed by atoms with Gasteiger partial charge in [0.15, 0.2) is 6.10 Å². The van der Waals surface area contributed by atoms with Crippen LogP contribution in [0.25, 0.3) is 0 Å². The van der Waals surface area contributed by atoms with Crippen molar-refractivity contribution in [1.82, 2.24) is 4.90 Å². The third-order valence-electron chi connectivity index (χ3n) is 6.73. The molecule has 2 aliphatic rings. The number of amides is 2. The molecule has 6 nitrogen and oxygen atoms in total. The number of likely N-dealkylation sites (tertiary alicyclic amines) is 1. The van der Waals surface area contributed by atoms with Gasteiger partial charge in [-0.3, -0.25) is 9.59 Å². The summed E-state index contributed by atoms with van der Waals surface area (Å²) in [4.78, 5) is 27.7. The van der Waals surface area contributed by atoms with E-state index < -0.39 is 12.2 Å². The Labute approximate surface area is 199 Å². The Balaban J connectivity index is 1.18. The molecule has 2 N–H and O–H groups in total. The molecule has 1 saturated heterocycles. The lowest BCUT2D eigenvalue weighted by atomic mass is 9.87. The summed E-state index contributed by atoms with van der Waals surface area (Å²) in [6.45, 7) is 1.19. The molecular weight excluding hydrogens is 428 g/mol. The molecule has 2 aliphatic heterocycles. The first-order chi connectivity index (χ1) is 16.6. The molecule has 3 aromatic carbocycles. The molecule has 0 spiro atoms. The number of aliphatic hydroxyl groups is 1. The van der Waals surface area contributed by atoms with Crippen molar-refractivity contribution in [2.45, 2.75) is 31.5 Å². The fourth-order valence-corrected chi connectivity index (χ4v) is 4.80. The minimum atomic E-state index is -0.577. The molecule has 3 aromatic rings. The summed E-state index contributed by atoms with van der Waals surface area (Å²) in [5.74, 6) is 0.588. The molecular formula is C28H28N2O4. The highest BCUT2D eigenvalue weighted by Crippen LogP contribution is 2.31.